The van der Waals surface area contributed by atoms with Gasteiger partial charge >= 0.3 is 0 Å². The number of aliphatic hydroxyl groups is 1. The average Bonchev–Trinajstić information content (AvgIpc) is 3.04. The molecule has 4 rings (SSSR count). The van der Waals surface area contributed by atoms with Crippen molar-refractivity contribution in [3.63, 3.8) is 0 Å². The molecule has 0 aliphatic carbocycles. The number of rotatable bonds is 4. The summed E-state index contributed by atoms with van der Waals surface area (Å²) in [4.78, 5) is 38.2. The van der Waals surface area contributed by atoms with E-state index in [1.165, 1.54) is 29.2 Å². The maximum atomic E-state index is 13.2. The number of nitro benzene ring substituents is 1. The van der Waals surface area contributed by atoms with E-state index < -0.39 is 22.7 Å². The van der Waals surface area contributed by atoms with Crippen LogP contribution in [0.3, 0.4) is 0 Å². The molecule has 160 valence electrons. The smallest absolute Gasteiger partial charge is 0.300 e. The van der Waals surface area contributed by atoms with Crippen LogP contribution < -0.4 is 4.90 Å². The maximum absolute atomic E-state index is 13.2. The summed E-state index contributed by atoms with van der Waals surface area (Å²) in [6.45, 7) is 3.72. The second kappa shape index (κ2) is 8.11. The Kier molecular flexibility index (Phi) is 5.32. The number of nitro groups is 1. The summed E-state index contributed by atoms with van der Waals surface area (Å²) in [5.74, 6) is -1.92. The lowest BCUT2D eigenvalue weighted by Crippen LogP contribution is -2.30. The predicted molar refractivity (Wildman–Crippen MR) is 120 cm³/mol. The van der Waals surface area contributed by atoms with E-state index in [0.29, 0.717) is 11.3 Å². The largest absolute Gasteiger partial charge is 0.507 e. The number of benzene rings is 3. The van der Waals surface area contributed by atoms with Gasteiger partial charge in [0.1, 0.15) is 5.76 Å². The van der Waals surface area contributed by atoms with E-state index in [2.05, 4.69) is 0 Å². The normalized spacial score (nSPS) is 17.6. The summed E-state index contributed by atoms with van der Waals surface area (Å²) in [7, 11) is 0. The molecule has 1 atom stereocenters. The zero-order valence-electron chi connectivity index (χ0n) is 17.5. The van der Waals surface area contributed by atoms with Gasteiger partial charge in [0.2, 0.25) is 0 Å². The minimum atomic E-state index is -0.840. The number of ketones is 1. The highest BCUT2D eigenvalue weighted by molar-refractivity contribution is 6.51. The fourth-order valence-corrected chi connectivity index (χ4v) is 4.00. The molecule has 1 N–H and O–H groups in total. The van der Waals surface area contributed by atoms with E-state index in [4.69, 9.17) is 0 Å². The number of non-ortho nitro benzene ring substituents is 1. The number of hydrogen-bond donors (Lipinski definition) is 1. The number of hydrogen-bond acceptors (Lipinski definition) is 5. The van der Waals surface area contributed by atoms with Gasteiger partial charge in [-0.3, -0.25) is 24.6 Å². The third kappa shape index (κ3) is 3.43. The van der Waals surface area contributed by atoms with Crippen molar-refractivity contribution < 1.29 is 19.6 Å². The first-order valence-electron chi connectivity index (χ1n) is 9.98. The first kappa shape index (κ1) is 21.0. The summed E-state index contributed by atoms with van der Waals surface area (Å²) in [6.07, 6.45) is 0. The minimum absolute atomic E-state index is 0.0543. The Hall–Kier alpha value is -4.26. The van der Waals surface area contributed by atoms with Gasteiger partial charge in [-0.05, 0) is 48.7 Å². The lowest BCUT2D eigenvalue weighted by atomic mass is 9.92. The van der Waals surface area contributed by atoms with Crippen molar-refractivity contribution in [1.29, 1.82) is 0 Å². The molecule has 0 radical (unpaired) electrons. The van der Waals surface area contributed by atoms with Gasteiger partial charge in [-0.25, -0.2) is 0 Å². The van der Waals surface area contributed by atoms with E-state index in [1.807, 2.05) is 50.2 Å². The van der Waals surface area contributed by atoms with Gasteiger partial charge in [-0.2, -0.15) is 0 Å². The molecule has 7 nitrogen and oxygen atoms in total. The number of carbonyl (C=O) groups is 2. The molecule has 7 heteroatoms. The Labute approximate surface area is 184 Å². The first-order valence-corrected chi connectivity index (χ1v) is 9.98. The fraction of sp³-hybridized carbons (Fsp3) is 0.120. The topological polar surface area (TPSA) is 101 Å². The molecule has 0 saturated carbocycles. The molecule has 0 spiro atoms. The highest BCUT2D eigenvalue weighted by Crippen LogP contribution is 2.43. The zero-order chi connectivity index (χ0) is 23.0. The van der Waals surface area contributed by atoms with Crippen LogP contribution in [0.4, 0.5) is 11.4 Å². The molecular weight excluding hydrogens is 408 g/mol. The lowest BCUT2D eigenvalue weighted by Gasteiger charge is -2.27. The second-order valence-corrected chi connectivity index (χ2v) is 7.62. The number of amides is 1. The van der Waals surface area contributed by atoms with Crippen molar-refractivity contribution in [3.8, 4) is 0 Å². The predicted octanol–water partition coefficient (Wildman–Crippen LogP) is 4.84. The highest BCUT2D eigenvalue weighted by Gasteiger charge is 2.47. The van der Waals surface area contributed by atoms with Gasteiger partial charge in [0.25, 0.3) is 17.4 Å². The molecule has 1 aliphatic rings. The summed E-state index contributed by atoms with van der Waals surface area (Å²) in [6, 6.07) is 19.0. The summed E-state index contributed by atoms with van der Waals surface area (Å²) < 4.78 is 0. The maximum Gasteiger partial charge on any atom is 0.300 e. The molecule has 1 fully saturated rings. The molecule has 3 aromatic carbocycles. The number of aryl methyl sites for hydroxylation is 2. The number of aliphatic hydroxyl groups excluding tert-OH is 1. The average molecular weight is 428 g/mol. The van der Waals surface area contributed by atoms with E-state index in [0.717, 1.165) is 11.1 Å². The molecule has 1 unspecified atom stereocenters. The molecule has 0 bridgehead atoms. The van der Waals surface area contributed by atoms with E-state index in [1.54, 1.807) is 12.1 Å². The minimum Gasteiger partial charge on any atom is -0.507 e. The quantitative estimate of drug-likeness (QED) is 0.211. The Morgan fingerprint density at radius 3 is 2.09 bits per heavy atom. The van der Waals surface area contributed by atoms with Crippen LogP contribution in [0.1, 0.15) is 28.3 Å². The number of anilines is 1. The highest BCUT2D eigenvalue weighted by atomic mass is 16.6. The third-order valence-corrected chi connectivity index (χ3v) is 5.65. The monoisotopic (exact) mass is 428 g/mol. The number of para-hydroxylation sites is 1. The van der Waals surface area contributed by atoms with Crippen LogP contribution in [-0.4, -0.2) is 21.7 Å². The van der Waals surface area contributed by atoms with Gasteiger partial charge in [-0.1, -0.05) is 42.5 Å². The summed E-state index contributed by atoms with van der Waals surface area (Å²) in [5.41, 5.74) is 2.97. The molecule has 1 heterocycles. The van der Waals surface area contributed by atoms with Gasteiger partial charge in [-0.15, -0.1) is 0 Å². The number of nitrogens with zero attached hydrogens (tertiary/aromatic N) is 2. The summed E-state index contributed by atoms with van der Waals surface area (Å²) in [5, 5.41) is 22.1. The van der Waals surface area contributed by atoms with Gasteiger partial charge in [0, 0.05) is 23.4 Å². The molecule has 1 amide bonds. The Bertz CT molecular complexity index is 1280. The fourth-order valence-electron chi connectivity index (χ4n) is 4.00. The lowest BCUT2D eigenvalue weighted by molar-refractivity contribution is -0.384. The van der Waals surface area contributed by atoms with Crippen molar-refractivity contribution in [1.82, 2.24) is 0 Å². The van der Waals surface area contributed by atoms with Crippen LogP contribution in [0.25, 0.3) is 5.76 Å². The third-order valence-electron chi connectivity index (χ3n) is 5.65. The van der Waals surface area contributed by atoms with Gasteiger partial charge in [0.05, 0.1) is 16.5 Å². The van der Waals surface area contributed by atoms with Crippen molar-refractivity contribution >= 4 is 28.8 Å². The van der Waals surface area contributed by atoms with Crippen molar-refractivity contribution in [2.75, 3.05) is 4.90 Å². The first-order chi connectivity index (χ1) is 15.3. The number of Topliss-reactive ketones (excluding diaryl/α,β-unsaturated/α-hetero) is 1. The van der Waals surface area contributed by atoms with Crippen molar-refractivity contribution in [2.24, 2.45) is 0 Å². The number of carbonyl (C=O) groups excluding carboxylic acids is 2. The van der Waals surface area contributed by atoms with Crippen molar-refractivity contribution in [2.45, 2.75) is 19.9 Å². The van der Waals surface area contributed by atoms with E-state index >= 15 is 0 Å². The Morgan fingerprint density at radius 1 is 0.906 bits per heavy atom. The van der Waals surface area contributed by atoms with Crippen LogP contribution in [0, 0.1) is 24.0 Å². The van der Waals surface area contributed by atoms with Crippen LogP contribution >= 0.6 is 0 Å². The standard InChI is InChI=1S/C25H20N2O5/c1-15-7-3-5-9-19(15)22-21(23(28)17-11-13-18(14-12-17)27(31)32)24(29)25(30)26(22)20-10-6-4-8-16(20)2/h3-14,22,28H,1-2H3/b23-21+. The van der Waals surface area contributed by atoms with Crippen LogP contribution in [0.2, 0.25) is 0 Å². The van der Waals surface area contributed by atoms with Crippen LogP contribution in [-0.2, 0) is 9.59 Å². The van der Waals surface area contributed by atoms with Crippen LogP contribution in [0.5, 0.6) is 0 Å². The zero-order valence-corrected chi connectivity index (χ0v) is 17.5. The van der Waals surface area contributed by atoms with Crippen LogP contribution in [0.15, 0.2) is 78.4 Å². The molecule has 32 heavy (non-hydrogen) atoms. The Balaban J connectivity index is 1.96. The van der Waals surface area contributed by atoms with Gasteiger partial charge in [0.15, 0.2) is 0 Å². The Morgan fingerprint density at radius 2 is 1.50 bits per heavy atom. The SMILES string of the molecule is Cc1ccccc1C1/C(=C(\O)c2ccc([N+](=O)[O-])cc2)C(=O)C(=O)N1c1ccccc1C. The summed E-state index contributed by atoms with van der Waals surface area (Å²) >= 11 is 0. The molecule has 1 aliphatic heterocycles. The van der Waals surface area contributed by atoms with E-state index in [9.17, 15) is 24.8 Å². The van der Waals surface area contributed by atoms with E-state index in [-0.39, 0.29) is 22.6 Å². The molecule has 3 aromatic rings. The van der Waals surface area contributed by atoms with Crippen molar-refractivity contribution in [3.05, 3.63) is 111 Å². The van der Waals surface area contributed by atoms with Gasteiger partial charge < -0.3 is 5.11 Å². The second-order valence-electron chi connectivity index (χ2n) is 7.62. The molecule has 0 aromatic heterocycles. The molecule has 1 saturated heterocycles. The molecular formula is C25H20N2O5.